The monoisotopic (exact) mass is 471 g/mol. The van der Waals surface area contributed by atoms with Crippen molar-refractivity contribution in [1.29, 1.82) is 0 Å². The summed E-state index contributed by atoms with van der Waals surface area (Å²) in [5.74, 6) is -1.57. The van der Waals surface area contributed by atoms with E-state index >= 15 is 0 Å². The molecule has 174 valence electrons. The fraction of sp³-hybridized carbons (Fsp3) is 0.250. The van der Waals surface area contributed by atoms with E-state index in [9.17, 15) is 19.3 Å². The lowest BCUT2D eigenvalue weighted by Gasteiger charge is -2.22. The summed E-state index contributed by atoms with van der Waals surface area (Å²) in [6, 6.07) is 14.2. The molecule has 0 saturated carbocycles. The Kier molecular flexibility index (Phi) is 8.22. The van der Waals surface area contributed by atoms with Crippen LogP contribution in [0.3, 0.4) is 0 Å². The van der Waals surface area contributed by atoms with Crippen LogP contribution >= 0.6 is 7.60 Å². The van der Waals surface area contributed by atoms with Gasteiger partial charge in [-0.15, -0.1) is 13.2 Å². The van der Waals surface area contributed by atoms with Gasteiger partial charge in [-0.1, -0.05) is 60.7 Å². The van der Waals surface area contributed by atoms with E-state index < -0.39 is 31.9 Å². The Morgan fingerprint density at radius 1 is 1.00 bits per heavy atom. The number of benzene rings is 2. The number of carboxylic acid groups (broad SMARTS) is 1. The zero-order valence-corrected chi connectivity index (χ0v) is 18.9. The van der Waals surface area contributed by atoms with Crippen molar-refractivity contribution in [3.8, 4) is 11.1 Å². The van der Waals surface area contributed by atoms with Gasteiger partial charge in [0.15, 0.2) is 0 Å². The summed E-state index contributed by atoms with van der Waals surface area (Å²) in [6.07, 6.45) is 1.20. The highest BCUT2D eigenvalue weighted by Gasteiger charge is 2.35. The van der Waals surface area contributed by atoms with Crippen molar-refractivity contribution in [2.24, 2.45) is 0 Å². The number of aliphatic carboxylic acids is 1. The van der Waals surface area contributed by atoms with Crippen LogP contribution in [0, 0.1) is 0 Å². The Balaban J connectivity index is 1.67. The molecule has 2 N–H and O–H groups in total. The number of rotatable bonds is 12. The van der Waals surface area contributed by atoms with Gasteiger partial charge in [0.05, 0.1) is 19.4 Å². The van der Waals surface area contributed by atoms with Crippen LogP contribution in [-0.2, 0) is 23.1 Å². The molecule has 8 nitrogen and oxygen atoms in total. The van der Waals surface area contributed by atoms with Crippen LogP contribution in [0.2, 0.25) is 0 Å². The molecular formula is C24H26NO7P. The number of fused-ring (bicyclic) bond motifs is 3. The lowest BCUT2D eigenvalue weighted by molar-refractivity contribution is -0.138. The molecule has 0 heterocycles. The molecule has 1 amide bonds. The third-order valence-electron chi connectivity index (χ3n) is 5.12. The quantitative estimate of drug-likeness (QED) is 0.344. The molecule has 0 radical (unpaired) electrons. The average molecular weight is 471 g/mol. The van der Waals surface area contributed by atoms with Gasteiger partial charge in [-0.25, -0.2) is 9.59 Å². The van der Waals surface area contributed by atoms with Gasteiger partial charge in [0.2, 0.25) is 0 Å². The predicted molar refractivity (Wildman–Crippen MR) is 124 cm³/mol. The lowest BCUT2D eigenvalue weighted by atomic mass is 9.98. The van der Waals surface area contributed by atoms with Crippen molar-refractivity contribution in [3.63, 3.8) is 0 Å². The Labute approximate surface area is 192 Å². The molecular weight excluding hydrogens is 445 g/mol. The fourth-order valence-electron chi connectivity index (χ4n) is 3.67. The summed E-state index contributed by atoms with van der Waals surface area (Å²) in [4.78, 5) is 24.2. The van der Waals surface area contributed by atoms with Crippen LogP contribution in [0.1, 0.15) is 17.0 Å². The largest absolute Gasteiger partial charge is 0.480 e. The number of hydrogen-bond acceptors (Lipinski definition) is 6. The first kappa shape index (κ1) is 24.5. The molecule has 1 aliphatic rings. The van der Waals surface area contributed by atoms with Crippen LogP contribution in [-0.4, -0.2) is 49.2 Å². The first-order valence-electron chi connectivity index (χ1n) is 10.3. The molecule has 2 aromatic rings. The van der Waals surface area contributed by atoms with Crippen molar-refractivity contribution >= 4 is 19.7 Å². The molecule has 0 unspecified atom stereocenters. The topological polar surface area (TPSA) is 111 Å². The lowest BCUT2D eigenvalue weighted by Crippen LogP contribution is -2.44. The first-order chi connectivity index (χ1) is 15.9. The molecule has 0 saturated heterocycles. The number of nitrogens with one attached hydrogen (secondary N) is 1. The maximum Gasteiger partial charge on any atom is 0.407 e. The standard InChI is InChI=1S/C24H26NO7P/c1-3-13-31-33(29,32-14-4-2)16-22(23(26)27)25-24(28)30-15-21-19-11-7-5-9-17(19)18-10-6-8-12-20(18)21/h3-12,21-22H,1-2,13-16H2,(H,25,28)(H,26,27)/t22-/m0/s1. The molecule has 0 aliphatic heterocycles. The van der Waals surface area contributed by atoms with E-state index in [0.717, 1.165) is 22.3 Å². The molecule has 0 spiro atoms. The maximum atomic E-state index is 12.9. The maximum absolute atomic E-state index is 12.9. The van der Waals surface area contributed by atoms with Crippen LogP contribution < -0.4 is 5.32 Å². The zero-order valence-electron chi connectivity index (χ0n) is 18.0. The van der Waals surface area contributed by atoms with Crippen LogP contribution in [0.25, 0.3) is 11.1 Å². The highest BCUT2D eigenvalue weighted by molar-refractivity contribution is 7.54. The summed E-state index contributed by atoms with van der Waals surface area (Å²) in [6.45, 7) is 6.75. The van der Waals surface area contributed by atoms with Gasteiger partial charge in [-0.2, -0.15) is 0 Å². The van der Waals surface area contributed by atoms with Gasteiger partial charge in [0.25, 0.3) is 0 Å². The normalized spacial score (nSPS) is 13.5. The van der Waals surface area contributed by atoms with E-state index in [4.69, 9.17) is 13.8 Å². The van der Waals surface area contributed by atoms with Crippen LogP contribution in [0.5, 0.6) is 0 Å². The van der Waals surface area contributed by atoms with Gasteiger partial charge >= 0.3 is 19.7 Å². The number of carboxylic acids is 1. The van der Waals surface area contributed by atoms with Crippen molar-refractivity contribution in [2.45, 2.75) is 12.0 Å². The second-order valence-electron chi connectivity index (χ2n) is 7.32. The summed E-state index contributed by atoms with van der Waals surface area (Å²) < 4.78 is 28.6. The van der Waals surface area contributed by atoms with Gasteiger partial charge in [0, 0.05) is 5.92 Å². The second kappa shape index (κ2) is 11.1. The Morgan fingerprint density at radius 3 is 2.00 bits per heavy atom. The summed E-state index contributed by atoms with van der Waals surface area (Å²) in [7, 11) is -3.84. The summed E-state index contributed by atoms with van der Waals surface area (Å²) >= 11 is 0. The SMILES string of the molecule is C=CCOP(=O)(C[C@H](NC(=O)OCC1c2ccccc2-c2ccccc21)C(=O)O)OCC=C. The van der Waals surface area contributed by atoms with Gasteiger partial charge < -0.3 is 24.2 Å². The van der Waals surface area contributed by atoms with Crippen molar-refractivity contribution in [2.75, 3.05) is 26.0 Å². The van der Waals surface area contributed by atoms with Gasteiger partial charge in [-0.05, 0) is 22.3 Å². The smallest absolute Gasteiger partial charge is 0.407 e. The minimum absolute atomic E-state index is 0.0176. The van der Waals surface area contributed by atoms with Crippen molar-refractivity contribution in [3.05, 3.63) is 85.0 Å². The van der Waals surface area contributed by atoms with Gasteiger partial charge in [-0.3, -0.25) is 4.57 Å². The predicted octanol–water partition coefficient (Wildman–Crippen LogP) is 4.58. The summed E-state index contributed by atoms with van der Waals surface area (Å²) in [5, 5.41) is 11.8. The molecule has 33 heavy (non-hydrogen) atoms. The highest BCUT2D eigenvalue weighted by Crippen LogP contribution is 2.49. The van der Waals surface area contributed by atoms with E-state index in [-0.39, 0.29) is 25.7 Å². The fourth-order valence-corrected chi connectivity index (χ4v) is 5.31. The van der Waals surface area contributed by atoms with E-state index in [1.807, 2.05) is 48.5 Å². The van der Waals surface area contributed by atoms with Crippen LogP contribution in [0.15, 0.2) is 73.8 Å². The third-order valence-corrected chi connectivity index (χ3v) is 7.02. The molecule has 9 heteroatoms. The number of carbonyl (C=O) groups is 2. The second-order valence-corrected chi connectivity index (χ2v) is 9.43. The Hall–Kier alpha value is -3.19. The first-order valence-corrected chi connectivity index (χ1v) is 12.1. The van der Waals surface area contributed by atoms with E-state index in [2.05, 4.69) is 18.5 Å². The minimum atomic E-state index is -3.84. The zero-order chi connectivity index (χ0) is 23.8. The number of alkyl carbamates (subject to hydrolysis) is 1. The highest BCUT2D eigenvalue weighted by atomic mass is 31.2. The summed E-state index contributed by atoms with van der Waals surface area (Å²) in [5.41, 5.74) is 4.21. The van der Waals surface area contributed by atoms with E-state index in [1.165, 1.54) is 12.2 Å². The van der Waals surface area contributed by atoms with E-state index in [1.54, 1.807) is 0 Å². The number of amides is 1. The average Bonchev–Trinajstić information content (AvgIpc) is 3.13. The number of ether oxygens (including phenoxy) is 1. The molecule has 1 aliphatic carbocycles. The Bertz CT molecular complexity index is 1020. The van der Waals surface area contributed by atoms with E-state index in [0.29, 0.717) is 0 Å². The molecule has 1 atom stereocenters. The Morgan fingerprint density at radius 2 is 1.52 bits per heavy atom. The molecule has 0 bridgehead atoms. The van der Waals surface area contributed by atoms with Crippen LogP contribution in [0.4, 0.5) is 4.79 Å². The minimum Gasteiger partial charge on any atom is -0.480 e. The number of carbonyl (C=O) groups excluding carboxylic acids is 1. The molecule has 3 rings (SSSR count). The molecule has 0 aromatic heterocycles. The molecule has 0 fully saturated rings. The van der Waals surface area contributed by atoms with Crippen molar-refractivity contribution < 1.29 is 33.0 Å². The third kappa shape index (κ3) is 5.99. The van der Waals surface area contributed by atoms with Crippen molar-refractivity contribution in [1.82, 2.24) is 5.32 Å². The number of hydrogen-bond donors (Lipinski definition) is 2. The van der Waals surface area contributed by atoms with Gasteiger partial charge in [0.1, 0.15) is 12.6 Å². The molecule has 2 aromatic carbocycles.